The molecule has 2 heterocycles. The molecule has 0 aromatic heterocycles. The average molecular weight is 467 g/mol. The van der Waals surface area contributed by atoms with Gasteiger partial charge in [0.25, 0.3) is 0 Å². The van der Waals surface area contributed by atoms with Crippen molar-refractivity contribution in [1.82, 2.24) is 20.0 Å². The minimum absolute atomic E-state index is 0.0741. The summed E-state index contributed by atoms with van der Waals surface area (Å²) in [6.45, 7) is 11.4. The van der Waals surface area contributed by atoms with Gasteiger partial charge in [-0.2, -0.15) is 0 Å². The van der Waals surface area contributed by atoms with E-state index in [4.69, 9.17) is 0 Å². The number of aromatic hydroxyl groups is 1. The average Bonchev–Trinajstić information content (AvgIpc) is 3.17. The molecule has 1 aromatic rings. The van der Waals surface area contributed by atoms with Crippen molar-refractivity contribution in [3.8, 4) is 5.75 Å². The van der Waals surface area contributed by atoms with Crippen molar-refractivity contribution in [2.45, 2.75) is 82.5 Å². The number of nitrogens with one attached hydrogen (secondary N) is 1. The van der Waals surface area contributed by atoms with E-state index in [1.54, 1.807) is 0 Å². The molecule has 2 saturated carbocycles. The zero-order valence-electron chi connectivity index (χ0n) is 21.8. The van der Waals surface area contributed by atoms with Crippen LogP contribution in [0.4, 0.5) is 4.79 Å². The Bertz CT molecular complexity index is 1010. The van der Waals surface area contributed by atoms with Crippen molar-refractivity contribution < 1.29 is 9.90 Å². The lowest BCUT2D eigenvalue weighted by molar-refractivity contribution is 0.0401. The zero-order chi connectivity index (χ0) is 24.2. The first-order chi connectivity index (χ1) is 16.0. The summed E-state index contributed by atoms with van der Waals surface area (Å²) in [4.78, 5) is 20.0. The largest absolute Gasteiger partial charge is 0.508 e. The van der Waals surface area contributed by atoms with Crippen LogP contribution in [0.5, 0.6) is 5.75 Å². The smallest absolute Gasteiger partial charge is 0.317 e. The molecule has 6 heteroatoms. The topological polar surface area (TPSA) is 59.1 Å². The summed E-state index contributed by atoms with van der Waals surface area (Å²) in [5, 5.41) is 13.5. The Balaban J connectivity index is 1.20. The van der Waals surface area contributed by atoms with E-state index < -0.39 is 0 Å². The molecule has 2 amide bonds. The zero-order valence-corrected chi connectivity index (χ0v) is 21.8. The Morgan fingerprint density at radius 2 is 1.97 bits per heavy atom. The second-order valence-electron chi connectivity index (χ2n) is 13.3. The van der Waals surface area contributed by atoms with Crippen LogP contribution >= 0.6 is 0 Å². The van der Waals surface area contributed by atoms with Crippen LogP contribution in [-0.2, 0) is 11.8 Å². The molecule has 186 valence electrons. The van der Waals surface area contributed by atoms with Crippen molar-refractivity contribution in [3.63, 3.8) is 0 Å². The number of carbonyl (C=O) groups is 1. The molecular weight excluding hydrogens is 424 g/mol. The number of hydrogen-bond donors (Lipinski definition) is 2. The second kappa shape index (κ2) is 7.13. The van der Waals surface area contributed by atoms with E-state index in [-0.39, 0.29) is 17.0 Å². The number of carbonyl (C=O) groups excluding carboxylic acids is 1. The molecule has 6 nitrogen and oxygen atoms in total. The number of phenols is 1. The van der Waals surface area contributed by atoms with Crippen LogP contribution in [0.25, 0.3) is 0 Å². The summed E-state index contributed by atoms with van der Waals surface area (Å²) in [5.74, 6) is 1.79. The molecule has 6 rings (SSSR count). The molecule has 1 spiro atoms. The van der Waals surface area contributed by atoms with Crippen LogP contribution in [0.15, 0.2) is 18.2 Å². The van der Waals surface area contributed by atoms with Gasteiger partial charge in [-0.15, -0.1) is 0 Å². The van der Waals surface area contributed by atoms with Gasteiger partial charge in [0.1, 0.15) is 5.75 Å². The van der Waals surface area contributed by atoms with Gasteiger partial charge >= 0.3 is 6.03 Å². The van der Waals surface area contributed by atoms with Crippen LogP contribution in [-0.4, -0.2) is 83.2 Å². The number of nitrogens with zero attached hydrogens (tertiary/aromatic N) is 3. The van der Waals surface area contributed by atoms with Crippen LogP contribution < -0.4 is 5.32 Å². The molecule has 2 N–H and O–H groups in total. The van der Waals surface area contributed by atoms with Crippen LogP contribution in [0.3, 0.4) is 0 Å². The molecule has 2 aliphatic heterocycles. The van der Waals surface area contributed by atoms with E-state index in [9.17, 15) is 9.90 Å². The van der Waals surface area contributed by atoms with Gasteiger partial charge in [0, 0.05) is 54.1 Å². The first-order valence-corrected chi connectivity index (χ1v) is 13.3. The summed E-state index contributed by atoms with van der Waals surface area (Å²) in [5.41, 5.74) is 3.14. The molecule has 5 aliphatic rings. The Morgan fingerprint density at radius 3 is 2.65 bits per heavy atom. The van der Waals surface area contributed by atoms with Crippen LogP contribution in [0.2, 0.25) is 0 Å². The summed E-state index contributed by atoms with van der Waals surface area (Å²) >= 11 is 0. The van der Waals surface area contributed by atoms with Crippen molar-refractivity contribution in [2.24, 2.45) is 17.3 Å². The fourth-order valence-electron chi connectivity index (χ4n) is 9.15. The van der Waals surface area contributed by atoms with Crippen molar-refractivity contribution in [2.75, 3.05) is 33.7 Å². The molecule has 4 fully saturated rings. The fraction of sp³-hybridized carbons (Fsp3) is 0.750. The van der Waals surface area contributed by atoms with Crippen LogP contribution in [0, 0.1) is 17.3 Å². The number of likely N-dealkylation sites (N-methyl/N-ethyl adjacent to an activating group) is 2. The van der Waals surface area contributed by atoms with E-state index in [0.29, 0.717) is 35.2 Å². The lowest BCUT2D eigenvalue weighted by atomic mass is 9.62. The van der Waals surface area contributed by atoms with Crippen LogP contribution in [0.1, 0.15) is 58.1 Å². The molecule has 1 aromatic carbocycles. The number of benzene rings is 1. The quantitative estimate of drug-likeness (QED) is 0.717. The number of urea groups is 1. The van der Waals surface area contributed by atoms with Crippen molar-refractivity contribution >= 4 is 6.03 Å². The summed E-state index contributed by atoms with van der Waals surface area (Å²) in [7, 11) is 4.69. The van der Waals surface area contributed by atoms with Gasteiger partial charge in [-0.25, -0.2) is 4.79 Å². The third-order valence-electron chi connectivity index (χ3n) is 10.4. The fourth-order valence-corrected chi connectivity index (χ4v) is 9.15. The van der Waals surface area contributed by atoms with Gasteiger partial charge in [0.05, 0.1) is 0 Å². The molecular formula is C28H42N4O2. The standard InChI is InChI=1S/C28H42N4O2/c1-26(2,3)29-25(34)32-11-9-17(10-12-32)16-30(5)24-22-15-28-21(23(28)31(22)6)13-18-7-8-19(33)14-20(18)27(24,28)4/h7-8,14,17,21-24,33H,9-13,15-16H2,1-6H3,(H,29,34). The van der Waals surface area contributed by atoms with E-state index >= 15 is 0 Å². The molecule has 6 unspecified atom stereocenters. The Hall–Kier alpha value is -1.79. The maximum absolute atomic E-state index is 12.6. The Labute approximate surface area is 204 Å². The number of rotatable bonds is 3. The lowest BCUT2D eigenvalue weighted by Gasteiger charge is -2.50. The van der Waals surface area contributed by atoms with Crippen molar-refractivity contribution in [3.05, 3.63) is 29.3 Å². The van der Waals surface area contributed by atoms with Gasteiger partial charge in [-0.05, 0) is 95.6 Å². The predicted molar refractivity (Wildman–Crippen MR) is 134 cm³/mol. The molecule has 2 saturated heterocycles. The highest BCUT2D eigenvalue weighted by Crippen LogP contribution is 2.81. The number of piperidine rings is 3. The summed E-state index contributed by atoms with van der Waals surface area (Å²) in [6.07, 6.45) is 4.60. The van der Waals surface area contributed by atoms with Gasteiger partial charge in [0.15, 0.2) is 0 Å². The van der Waals surface area contributed by atoms with Gasteiger partial charge in [-0.3, -0.25) is 4.90 Å². The van der Waals surface area contributed by atoms with E-state index in [0.717, 1.165) is 38.4 Å². The number of likely N-dealkylation sites (tertiary alicyclic amines) is 2. The molecule has 0 radical (unpaired) electrons. The highest BCUT2D eigenvalue weighted by atomic mass is 16.3. The summed E-state index contributed by atoms with van der Waals surface area (Å²) < 4.78 is 0. The third-order valence-corrected chi connectivity index (χ3v) is 10.4. The van der Waals surface area contributed by atoms with Gasteiger partial charge in [-0.1, -0.05) is 13.0 Å². The maximum atomic E-state index is 12.6. The number of amides is 2. The Morgan fingerprint density at radius 1 is 1.26 bits per heavy atom. The number of phenolic OH excluding ortho intramolecular Hbond substituents is 1. The van der Waals surface area contributed by atoms with E-state index in [1.165, 1.54) is 24.0 Å². The normalized spacial score (nSPS) is 38.7. The van der Waals surface area contributed by atoms with Crippen molar-refractivity contribution in [1.29, 1.82) is 0 Å². The molecule has 2 bridgehead atoms. The van der Waals surface area contributed by atoms with E-state index in [1.807, 2.05) is 31.7 Å². The first-order valence-electron chi connectivity index (χ1n) is 13.3. The van der Waals surface area contributed by atoms with Gasteiger partial charge in [0.2, 0.25) is 0 Å². The number of hydrogen-bond acceptors (Lipinski definition) is 4. The highest BCUT2D eigenvalue weighted by Gasteiger charge is 2.86. The third kappa shape index (κ3) is 2.90. The minimum Gasteiger partial charge on any atom is -0.508 e. The Kier molecular flexibility index (Phi) is 4.75. The minimum atomic E-state index is -0.194. The van der Waals surface area contributed by atoms with Gasteiger partial charge < -0.3 is 20.2 Å². The molecule has 6 atom stereocenters. The molecule has 3 aliphatic carbocycles. The maximum Gasteiger partial charge on any atom is 0.317 e. The van der Waals surface area contributed by atoms with E-state index in [2.05, 4.69) is 48.3 Å². The highest BCUT2D eigenvalue weighted by molar-refractivity contribution is 5.75. The molecule has 34 heavy (non-hydrogen) atoms. The lowest BCUT2D eigenvalue weighted by Crippen LogP contribution is -2.60. The predicted octanol–water partition coefficient (Wildman–Crippen LogP) is 3.43. The second-order valence-corrected chi connectivity index (χ2v) is 13.3. The monoisotopic (exact) mass is 466 g/mol. The summed E-state index contributed by atoms with van der Waals surface area (Å²) in [6, 6.07) is 7.97. The SMILES string of the molecule is CN(CC1CCN(C(=O)NC(C)(C)C)CC1)C1C2CC34C(Cc5ccc(O)cc5C13C)C4N2C. The number of fused-ring (bicyclic) bond motifs is 4. The first kappa shape index (κ1) is 22.7.